The first-order valence-corrected chi connectivity index (χ1v) is 8.87. The van der Waals surface area contributed by atoms with Gasteiger partial charge in [0.15, 0.2) is 0 Å². The SMILES string of the molecule is O=C(NCCc1ccc(Cl)cc1Cl)[C@H]1CC(=O)N(c2ccccc2)C1. The highest BCUT2D eigenvalue weighted by Crippen LogP contribution is 2.25. The standard InChI is InChI=1S/C19H18Cl2N2O2/c20-15-7-6-13(17(21)11-15)8-9-22-19(25)14-10-18(24)23(12-14)16-4-2-1-3-5-16/h1-7,11,14H,8-10,12H2,(H,22,25)/t14-/m0/s1. The minimum atomic E-state index is -0.326. The Hall–Kier alpha value is -2.04. The van der Waals surface area contributed by atoms with Crippen molar-refractivity contribution in [2.45, 2.75) is 12.8 Å². The molecule has 1 aliphatic rings. The van der Waals surface area contributed by atoms with E-state index < -0.39 is 0 Å². The molecule has 2 aromatic carbocycles. The molecule has 0 radical (unpaired) electrons. The molecule has 0 spiro atoms. The van der Waals surface area contributed by atoms with E-state index in [0.29, 0.717) is 29.6 Å². The van der Waals surface area contributed by atoms with Gasteiger partial charge in [-0.25, -0.2) is 0 Å². The molecule has 1 atom stereocenters. The Morgan fingerprint density at radius 2 is 1.92 bits per heavy atom. The van der Waals surface area contributed by atoms with Gasteiger partial charge in [0.2, 0.25) is 11.8 Å². The number of hydrogen-bond donors (Lipinski definition) is 1. The van der Waals surface area contributed by atoms with Gasteiger partial charge in [-0.2, -0.15) is 0 Å². The Labute approximate surface area is 156 Å². The summed E-state index contributed by atoms with van der Waals surface area (Å²) in [5.41, 5.74) is 1.76. The van der Waals surface area contributed by atoms with Crippen molar-refractivity contribution in [2.24, 2.45) is 5.92 Å². The lowest BCUT2D eigenvalue weighted by Gasteiger charge is -2.16. The summed E-state index contributed by atoms with van der Waals surface area (Å²) in [6, 6.07) is 14.7. The van der Waals surface area contributed by atoms with Gasteiger partial charge >= 0.3 is 0 Å². The van der Waals surface area contributed by atoms with E-state index in [2.05, 4.69) is 5.32 Å². The van der Waals surface area contributed by atoms with Crippen LogP contribution in [0.2, 0.25) is 10.0 Å². The summed E-state index contributed by atoms with van der Waals surface area (Å²) in [5, 5.41) is 4.08. The lowest BCUT2D eigenvalue weighted by Crippen LogP contribution is -2.34. The highest BCUT2D eigenvalue weighted by molar-refractivity contribution is 6.35. The number of benzene rings is 2. The van der Waals surface area contributed by atoms with E-state index in [1.165, 1.54) is 0 Å². The third-order valence-corrected chi connectivity index (χ3v) is 4.86. The zero-order valence-corrected chi connectivity index (χ0v) is 15.1. The van der Waals surface area contributed by atoms with E-state index in [-0.39, 0.29) is 24.2 Å². The normalized spacial score (nSPS) is 17.0. The molecule has 2 aromatic rings. The van der Waals surface area contributed by atoms with Gasteiger partial charge in [-0.1, -0.05) is 47.5 Å². The third kappa shape index (κ3) is 4.33. The molecule has 3 rings (SSSR count). The summed E-state index contributed by atoms with van der Waals surface area (Å²) in [6.07, 6.45) is 0.854. The highest BCUT2D eigenvalue weighted by atomic mass is 35.5. The number of nitrogens with zero attached hydrogens (tertiary/aromatic N) is 1. The van der Waals surface area contributed by atoms with Crippen LogP contribution in [0.1, 0.15) is 12.0 Å². The summed E-state index contributed by atoms with van der Waals surface area (Å²) in [5.74, 6) is -0.447. The summed E-state index contributed by atoms with van der Waals surface area (Å²) in [6.45, 7) is 0.882. The Kier molecular flexibility index (Phi) is 5.61. The maximum absolute atomic E-state index is 12.4. The third-order valence-electron chi connectivity index (χ3n) is 4.27. The largest absolute Gasteiger partial charge is 0.355 e. The maximum Gasteiger partial charge on any atom is 0.227 e. The number of nitrogens with one attached hydrogen (secondary N) is 1. The van der Waals surface area contributed by atoms with Gasteiger partial charge in [-0.05, 0) is 36.2 Å². The highest BCUT2D eigenvalue weighted by Gasteiger charge is 2.34. The number of halogens is 2. The Morgan fingerprint density at radius 1 is 1.16 bits per heavy atom. The minimum absolute atomic E-state index is 0.0212. The molecule has 0 unspecified atom stereocenters. The summed E-state index contributed by atoms with van der Waals surface area (Å²) >= 11 is 12.0. The predicted octanol–water partition coefficient (Wildman–Crippen LogP) is 3.71. The predicted molar refractivity (Wildman–Crippen MR) is 100 cm³/mol. The molecule has 1 aliphatic heterocycles. The average molecular weight is 377 g/mol. The molecular weight excluding hydrogens is 359 g/mol. The summed E-state index contributed by atoms with van der Waals surface area (Å²) in [4.78, 5) is 26.2. The first kappa shape index (κ1) is 17.8. The minimum Gasteiger partial charge on any atom is -0.355 e. The molecule has 1 fully saturated rings. The molecule has 2 amide bonds. The smallest absolute Gasteiger partial charge is 0.227 e. The van der Waals surface area contributed by atoms with Crippen molar-refractivity contribution < 1.29 is 9.59 Å². The van der Waals surface area contributed by atoms with Crippen molar-refractivity contribution in [3.8, 4) is 0 Å². The fourth-order valence-corrected chi connectivity index (χ4v) is 3.43. The van der Waals surface area contributed by atoms with Crippen molar-refractivity contribution in [1.82, 2.24) is 5.32 Å². The van der Waals surface area contributed by atoms with E-state index in [1.807, 2.05) is 36.4 Å². The number of carbonyl (C=O) groups excluding carboxylic acids is 2. The fraction of sp³-hybridized carbons (Fsp3) is 0.263. The van der Waals surface area contributed by atoms with Gasteiger partial charge in [-0.3, -0.25) is 9.59 Å². The first-order valence-electron chi connectivity index (χ1n) is 8.11. The molecule has 130 valence electrons. The van der Waals surface area contributed by atoms with Crippen molar-refractivity contribution >= 4 is 40.7 Å². The van der Waals surface area contributed by atoms with Gasteiger partial charge in [-0.15, -0.1) is 0 Å². The molecule has 1 saturated heterocycles. The molecule has 25 heavy (non-hydrogen) atoms. The molecule has 4 nitrogen and oxygen atoms in total. The van der Waals surface area contributed by atoms with Crippen LogP contribution in [0.4, 0.5) is 5.69 Å². The Balaban J connectivity index is 1.53. The fourth-order valence-electron chi connectivity index (χ4n) is 2.93. The van der Waals surface area contributed by atoms with Crippen LogP contribution in [0.25, 0.3) is 0 Å². The lowest BCUT2D eigenvalue weighted by atomic mass is 10.1. The van der Waals surface area contributed by atoms with Crippen LogP contribution in [0.3, 0.4) is 0 Å². The van der Waals surface area contributed by atoms with E-state index >= 15 is 0 Å². The number of para-hydroxylation sites is 1. The number of hydrogen-bond acceptors (Lipinski definition) is 2. The van der Waals surface area contributed by atoms with Crippen LogP contribution in [0.15, 0.2) is 48.5 Å². The summed E-state index contributed by atoms with van der Waals surface area (Å²) in [7, 11) is 0. The maximum atomic E-state index is 12.4. The average Bonchev–Trinajstić information content (AvgIpc) is 2.99. The van der Waals surface area contributed by atoms with Crippen LogP contribution in [-0.2, 0) is 16.0 Å². The van der Waals surface area contributed by atoms with Gasteiger partial charge in [0.1, 0.15) is 0 Å². The van der Waals surface area contributed by atoms with Crippen molar-refractivity contribution in [1.29, 1.82) is 0 Å². The molecule has 0 saturated carbocycles. The molecule has 1 heterocycles. The Morgan fingerprint density at radius 3 is 2.64 bits per heavy atom. The second kappa shape index (κ2) is 7.89. The number of anilines is 1. The Bertz CT molecular complexity index is 780. The van der Waals surface area contributed by atoms with E-state index in [0.717, 1.165) is 11.3 Å². The van der Waals surface area contributed by atoms with Crippen LogP contribution in [0, 0.1) is 5.92 Å². The lowest BCUT2D eigenvalue weighted by molar-refractivity contribution is -0.126. The van der Waals surface area contributed by atoms with Crippen LogP contribution >= 0.6 is 23.2 Å². The molecule has 0 aliphatic carbocycles. The number of carbonyl (C=O) groups is 2. The van der Waals surface area contributed by atoms with Crippen molar-refractivity contribution in [2.75, 3.05) is 18.0 Å². The molecule has 0 aromatic heterocycles. The van der Waals surface area contributed by atoms with Crippen LogP contribution < -0.4 is 10.2 Å². The second-order valence-corrected chi connectivity index (χ2v) is 6.86. The van der Waals surface area contributed by atoms with E-state index in [4.69, 9.17) is 23.2 Å². The van der Waals surface area contributed by atoms with Gasteiger partial charge in [0, 0.05) is 35.2 Å². The zero-order valence-electron chi connectivity index (χ0n) is 13.5. The van der Waals surface area contributed by atoms with E-state index in [1.54, 1.807) is 17.0 Å². The van der Waals surface area contributed by atoms with Gasteiger partial charge < -0.3 is 10.2 Å². The van der Waals surface area contributed by atoms with Crippen LogP contribution in [-0.4, -0.2) is 24.9 Å². The molecule has 6 heteroatoms. The molecule has 0 bridgehead atoms. The summed E-state index contributed by atoms with van der Waals surface area (Å²) < 4.78 is 0. The first-order chi connectivity index (χ1) is 12.0. The second-order valence-electron chi connectivity index (χ2n) is 6.02. The molecular formula is C19H18Cl2N2O2. The van der Waals surface area contributed by atoms with Crippen molar-refractivity contribution in [3.63, 3.8) is 0 Å². The van der Waals surface area contributed by atoms with E-state index in [9.17, 15) is 9.59 Å². The quantitative estimate of drug-likeness (QED) is 0.864. The monoisotopic (exact) mass is 376 g/mol. The topological polar surface area (TPSA) is 49.4 Å². The van der Waals surface area contributed by atoms with Crippen molar-refractivity contribution in [3.05, 3.63) is 64.1 Å². The van der Waals surface area contributed by atoms with Gasteiger partial charge in [0.25, 0.3) is 0 Å². The number of rotatable bonds is 5. The number of amides is 2. The van der Waals surface area contributed by atoms with Crippen LogP contribution in [0.5, 0.6) is 0 Å². The zero-order chi connectivity index (χ0) is 17.8. The molecule has 1 N–H and O–H groups in total. The van der Waals surface area contributed by atoms with Gasteiger partial charge in [0.05, 0.1) is 5.92 Å².